The molecule has 0 aliphatic rings. The van der Waals surface area contributed by atoms with Gasteiger partial charge in [-0.1, -0.05) is 60.7 Å². The van der Waals surface area contributed by atoms with Crippen molar-refractivity contribution < 1.29 is 19.8 Å². The third-order valence-electron chi connectivity index (χ3n) is 3.67. The highest BCUT2D eigenvalue weighted by Gasteiger charge is 2.06. The molecule has 0 aliphatic heterocycles. The number of carbonyl (C=O) groups is 2. The largest absolute Gasteiger partial charge is 0.478 e. The highest BCUT2D eigenvalue weighted by Crippen LogP contribution is 2.27. The lowest BCUT2D eigenvalue weighted by Gasteiger charge is -2.12. The highest BCUT2D eigenvalue weighted by atomic mass is 31.1. The van der Waals surface area contributed by atoms with Crippen molar-refractivity contribution in [1.29, 1.82) is 0 Å². The van der Waals surface area contributed by atoms with Crippen molar-refractivity contribution >= 4 is 30.5 Å². The van der Waals surface area contributed by atoms with Gasteiger partial charge in [-0.25, -0.2) is 9.59 Å². The van der Waals surface area contributed by atoms with Gasteiger partial charge in [0, 0.05) is 0 Å². The Bertz CT molecular complexity index is 774. The fourth-order valence-corrected chi connectivity index (χ4v) is 3.74. The van der Waals surface area contributed by atoms with Gasteiger partial charge in [-0.05, 0) is 49.5 Å². The second-order valence-electron chi connectivity index (χ2n) is 5.42. The molecule has 26 heavy (non-hydrogen) atoms. The average Bonchev–Trinajstić information content (AvgIpc) is 2.69. The summed E-state index contributed by atoms with van der Waals surface area (Å²) < 4.78 is 0. The first kappa shape index (κ1) is 19.4. The van der Waals surface area contributed by atoms with E-state index < -0.39 is 11.9 Å². The lowest BCUT2D eigenvalue weighted by Crippen LogP contribution is -2.09. The van der Waals surface area contributed by atoms with E-state index >= 15 is 0 Å². The van der Waals surface area contributed by atoms with Crippen LogP contribution in [0.1, 0.15) is 20.7 Å². The van der Waals surface area contributed by atoms with Crippen molar-refractivity contribution in [2.75, 3.05) is 6.66 Å². The molecule has 5 heteroatoms. The van der Waals surface area contributed by atoms with Crippen molar-refractivity contribution in [3.8, 4) is 0 Å². The van der Waals surface area contributed by atoms with Crippen LogP contribution < -0.4 is 10.6 Å². The van der Waals surface area contributed by atoms with Crippen molar-refractivity contribution in [2.45, 2.75) is 0 Å². The molecule has 0 fully saturated rings. The molecule has 3 aromatic carbocycles. The smallest absolute Gasteiger partial charge is 0.335 e. The second kappa shape index (κ2) is 9.50. The van der Waals surface area contributed by atoms with E-state index in [1.54, 1.807) is 0 Å². The van der Waals surface area contributed by atoms with Gasteiger partial charge in [-0.15, -0.1) is 0 Å². The lowest BCUT2D eigenvalue weighted by atomic mass is 10.1. The van der Waals surface area contributed by atoms with Crippen LogP contribution in [0.5, 0.6) is 0 Å². The van der Waals surface area contributed by atoms with Gasteiger partial charge < -0.3 is 10.2 Å². The maximum atomic E-state index is 10.3. The van der Waals surface area contributed by atoms with E-state index in [0.29, 0.717) is 0 Å². The van der Waals surface area contributed by atoms with Crippen molar-refractivity contribution in [3.63, 3.8) is 0 Å². The molecule has 0 unspecified atom stereocenters. The summed E-state index contributed by atoms with van der Waals surface area (Å²) in [5.74, 6) is -2.13. The van der Waals surface area contributed by atoms with Crippen molar-refractivity contribution in [3.05, 3.63) is 96.1 Å². The predicted molar refractivity (Wildman–Crippen MR) is 105 cm³/mol. The van der Waals surface area contributed by atoms with Crippen LogP contribution in [0.25, 0.3) is 0 Å². The SMILES string of the molecule is CP(c1ccccc1)c1ccccc1.O=C(O)c1ccc(C(=O)O)cc1. The third-order valence-corrected chi connectivity index (χ3v) is 5.81. The Morgan fingerprint density at radius 1 is 0.615 bits per heavy atom. The molecule has 0 heterocycles. The Morgan fingerprint density at radius 3 is 1.19 bits per heavy atom. The number of carboxylic acid groups (broad SMARTS) is 2. The summed E-state index contributed by atoms with van der Waals surface area (Å²) in [7, 11) is -0.171. The molecule has 0 radical (unpaired) electrons. The van der Waals surface area contributed by atoms with Gasteiger partial charge >= 0.3 is 11.9 Å². The van der Waals surface area contributed by atoms with Gasteiger partial charge in [0.2, 0.25) is 0 Å². The van der Waals surface area contributed by atoms with Crippen LogP contribution in [0, 0.1) is 0 Å². The standard InChI is InChI=1S/C13H13P.C8H6O4/c1-14(12-8-4-2-5-9-12)13-10-6-3-7-11-13;9-7(10)5-1-2-6(4-3-5)8(11)12/h2-11H,1H3;1-4H,(H,9,10)(H,11,12). The topological polar surface area (TPSA) is 74.6 Å². The number of rotatable bonds is 4. The van der Waals surface area contributed by atoms with Crippen LogP contribution in [-0.2, 0) is 0 Å². The molecule has 4 nitrogen and oxygen atoms in total. The van der Waals surface area contributed by atoms with Gasteiger partial charge in [0.05, 0.1) is 11.1 Å². The first-order valence-corrected chi connectivity index (χ1v) is 9.68. The zero-order chi connectivity index (χ0) is 18.9. The van der Waals surface area contributed by atoms with E-state index in [0.717, 1.165) is 0 Å². The van der Waals surface area contributed by atoms with Crippen molar-refractivity contribution in [2.24, 2.45) is 0 Å². The van der Waals surface area contributed by atoms with Gasteiger partial charge in [-0.3, -0.25) is 0 Å². The van der Waals surface area contributed by atoms with Crippen LogP contribution in [0.4, 0.5) is 0 Å². The quantitative estimate of drug-likeness (QED) is 0.688. The molecule has 0 aromatic heterocycles. The molecular weight excluding hydrogens is 347 g/mol. The summed E-state index contributed by atoms with van der Waals surface area (Å²) in [5, 5.41) is 19.8. The summed E-state index contributed by atoms with van der Waals surface area (Å²) in [6, 6.07) is 26.4. The Balaban J connectivity index is 0.000000190. The number of carboxylic acids is 2. The Hall–Kier alpha value is -2.97. The van der Waals surface area contributed by atoms with Crippen LogP contribution in [0.2, 0.25) is 0 Å². The van der Waals surface area contributed by atoms with Crippen LogP contribution in [-0.4, -0.2) is 28.8 Å². The minimum absolute atomic E-state index is 0.0833. The van der Waals surface area contributed by atoms with E-state index in [9.17, 15) is 9.59 Å². The number of aromatic carboxylic acids is 2. The van der Waals surface area contributed by atoms with Gasteiger partial charge in [0.25, 0.3) is 0 Å². The minimum Gasteiger partial charge on any atom is -0.478 e. The van der Waals surface area contributed by atoms with Crippen molar-refractivity contribution in [1.82, 2.24) is 0 Å². The zero-order valence-electron chi connectivity index (χ0n) is 14.2. The fourth-order valence-electron chi connectivity index (χ4n) is 2.21. The maximum absolute atomic E-state index is 10.3. The summed E-state index contributed by atoms with van der Waals surface area (Å²) in [6.07, 6.45) is 0. The Morgan fingerprint density at radius 2 is 0.923 bits per heavy atom. The summed E-state index contributed by atoms with van der Waals surface area (Å²) in [4.78, 5) is 20.7. The molecule has 132 valence electrons. The molecule has 0 atom stereocenters. The maximum Gasteiger partial charge on any atom is 0.335 e. The van der Waals surface area contributed by atoms with Gasteiger partial charge in [-0.2, -0.15) is 0 Å². The lowest BCUT2D eigenvalue weighted by molar-refractivity contribution is 0.0681. The number of benzene rings is 3. The van der Waals surface area contributed by atoms with Gasteiger partial charge in [0.15, 0.2) is 0 Å². The van der Waals surface area contributed by atoms with E-state index in [4.69, 9.17) is 10.2 Å². The van der Waals surface area contributed by atoms with Crippen LogP contribution >= 0.6 is 7.92 Å². The summed E-state index contributed by atoms with van der Waals surface area (Å²) >= 11 is 0. The second-order valence-corrected chi connectivity index (χ2v) is 7.57. The highest BCUT2D eigenvalue weighted by molar-refractivity contribution is 7.72. The van der Waals surface area contributed by atoms with E-state index in [1.807, 2.05) is 0 Å². The van der Waals surface area contributed by atoms with E-state index in [-0.39, 0.29) is 19.0 Å². The Labute approximate surface area is 153 Å². The molecule has 2 N–H and O–H groups in total. The summed E-state index contributed by atoms with van der Waals surface area (Å²) in [6.45, 7) is 2.31. The first-order chi connectivity index (χ1) is 12.5. The predicted octanol–water partition coefficient (Wildman–Crippen LogP) is 3.83. The molecule has 0 saturated carbocycles. The third kappa shape index (κ3) is 5.54. The fraction of sp³-hybridized carbons (Fsp3) is 0.0476. The Kier molecular flexibility index (Phi) is 7.07. The van der Waals surface area contributed by atoms with Crippen LogP contribution in [0.3, 0.4) is 0 Å². The zero-order valence-corrected chi connectivity index (χ0v) is 15.1. The molecule has 0 spiro atoms. The molecule has 3 rings (SSSR count). The molecule has 3 aromatic rings. The number of hydrogen-bond donors (Lipinski definition) is 2. The van der Waals surface area contributed by atoms with E-state index in [2.05, 4.69) is 67.3 Å². The normalized spacial score (nSPS) is 9.92. The molecule has 0 saturated heterocycles. The van der Waals surface area contributed by atoms with Gasteiger partial charge in [0.1, 0.15) is 0 Å². The molecule has 0 aliphatic carbocycles. The first-order valence-electron chi connectivity index (χ1n) is 7.89. The average molecular weight is 366 g/mol. The molecule has 0 amide bonds. The van der Waals surface area contributed by atoms with E-state index in [1.165, 1.54) is 34.9 Å². The number of hydrogen-bond acceptors (Lipinski definition) is 2. The monoisotopic (exact) mass is 366 g/mol. The molecular formula is C21H19O4P. The van der Waals surface area contributed by atoms with Crippen LogP contribution in [0.15, 0.2) is 84.9 Å². The minimum atomic E-state index is -1.06. The summed E-state index contributed by atoms with van der Waals surface area (Å²) in [5.41, 5.74) is 0.167. The molecule has 0 bridgehead atoms.